The van der Waals surface area contributed by atoms with Gasteiger partial charge in [-0.3, -0.25) is 4.90 Å². The van der Waals surface area contributed by atoms with Gasteiger partial charge in [-0.25, -0.2) is 4.79 Å². The highest BCUT2D eigenvalue weighted by Gasteiger charge is 2.36. The van der Waals surface area contributed by atoms with E-state index in [-0.39, 0.29) is 17.8 Å². The summed E-state index contributed by atoms with van der Waals surface area (Å²) in [7, 11) is 0. The summed E-state index contributed by atoms with van der Waals surface area (Å²) in [5.41, 5.74) is 1.79. The van der Waals surface area contributed by atoms with Gasteiger partial charge in [0.1, 0.15) is 5.58 Å². The number of aromatic carboxylic acids is 1. The quantitative estimate of drug-likeness (QED) is 0.856. The van der Waals surface area contributed by atoms with E-state index in [1.54, 1.807) is 6.07 Å². The highest BCUT2D eigenvalue weighted by atomic mass is 16.4. The molecule has 0 spiro atoms. The first-order valence-corrected chi connectivity index (χ1v) is 8.14. The summed E-state index contributed by atoms with van der Waals surface area (Å²) in [6.45, 7) is 5.13. The Bertz CT molecular complexity index is 708. The molecule has 3 rings (SSSR count). The Morgan fingerprint density at radius 3 is 2.91 bits per heavy atom. The van der Waals surface area contributed by atoms with E-state index in [9.17, 15) is 9.90 Å². The first-order valence-electron chi connectivity index (χ1n) is 8.14. The average molecular weight is 317 g/mol. The van der Waals surface area contributed by atoms with E-state index in [1.807, 2.05) is 18.2 Å². The van der Waals surface area contributed by atoms with Crippen molar-refractivity contribution >= 4 is 16.9 Å². The molecule has 0 bridgehead atoms. The number of aliphatic hydroxyl groups is 1. The largest absolute Gasteiger partial charge is 0.475 e. The van der Waals surface area contributed by atoms with E-state index in [1.165, 1.54) is 0 Å². The second-order valence-corrected chi connectivity index (χ2v) is 6.66. The highest BCUT2D eigenvalue weighted by molar-refractivity contribution is 5.91. The monoisotopic (exact) mass is 317 g/mol. The third-order valence-electron chi connectivity index (χ3n) is 4.83. The minimum atomic E-state index is -1.05. The molecule has 124 valence electrons. The van der Waals surface area contributed by atoms with E-state index in [2.05, 4.69) is 11.8 Å². The molecule has 1 fully saturated rings. The lowest BCUT2D eigenvalue weighted by molar-refractivity contribution is 0.0665. The van der Waals surface area contributed by atoms with Crippen LogP contribution < -0.4 is 0 Å². The van der Waals surface area contributed by atoms with E-state index in [0.29, 0.717) is 5.58 Å². The fraction of sp³-hybridized carbons (Fsp3) is 0.500. The molecule has 0 saturated carbocycles. The molecule has 1 unspecified atom stereocenters. The lowest BCUT2D eigenvalue weighted by Gasteiger charge is -2.26. The maximum Gasteiger partial charge on any atom is 0.371 e. The second-order valence-electron chi connectivity index (χ2n) is 6.66. The van der Waals surface area contributed by atoms with Crippen LogP contribution in [0.1, 0.15) is 42.3 Å². The highest BCUT2D eigenvalue weighted by Crippen LogP contribution is 2.35. The van der Waals surface area contributed by atoms with Crippen molar-refractivity contribution in [2.45, 2.75) is 32.7 Å². The number of carboxylic acid groups (broad SMARTS) is 1. The van der Waals surface area contributed by atoms with E-state index in [0.717, 1.165) is 49.8 Å². The summed E-state index contributed by atoms with van der Waals surface area (Å²) in [4.78, 5) is 13.3. The molecule has 5 heteroatoms. The first-order chi connectivity index (χ1) is 11.0. The zero-order valence-corrected chi connectivity index (χ0v) is 13.4. The van der Waals surface area contributed by atoms with Crippen LogP contribution in [0, 0.1) is 5.41 Å². The minimum Gasteiger partial charge on any atom is -0.475 e. The number of nitrogens with zero attached hydrogens (tertiary/aromatic N) is 1. The molecule has 1 saturated heterocycles. The predicted octanol–water partition coefficient (Wildman–Crippen LogP) is 3.12. The number of furan rings is 1. The molecule has 5 nitrogen and oxygen atoms in total. The molecule has 0 amide bonds. The van der Waals surface area contributed by atoms with Crippen LogP contribution in [-0.4, -0.2) is 40.8 Å². The number of likely N-dealkylation sites (tertiary alicyclic amines) is 1. The maximum atomic E-state index is 11.0. The molecule has 0 aliphatic carbocycles. The van der Waals surface area contributed by atoms with Crippen molar-refractivity contribution in [3.8, 4) is 0 Å². The van der Waals surface area contributed by atoms with Crippen LogP contribution >= 0.6 is 0 Å². The van der Waals surface area contributed by atoms with Gasteiger partial charge in [-0.05, 0) is 43.1 Å². The summed E-state index contributed by atoms with van der Waals surface area (Å²) < 4.78 is 5.29. The zero-order chi connectivity index (χ0) is 16.4. The molecular formula is C18H23NO4. The summed E-state index contributed by atoms with van der Waals surface area (Å²) in [5, 5.41) is 19.5. The number of carbonyl (C=O) groups is 1. The Labute approximate surface area is 135 Å². The van der Waals surface area contributed by atoms with Crippen LogP contribution in [0.4, 0.5) is 0 Å². The third-order valence-corrected chi connectivity index (χ3v) is 4.83. The van der Waals surface area contributed by atoms with E-state index < -0.39 is 5.97 Å². The summed E-state index contributed by atoms with van der Waals surface area (Å²) in [5.74, 6) is -1.07. The Balaban J connectivity index is 1.73. The van der Waals surface area contributed by atoms with Crippen LogP contribution in [0.5, 0.6) is 0 Å². The molecule has 1 aliphatic heterocycles. The van der Waals surface area contributed by atoms with Gasteiger partial charge < -0.3 is 14.6 Å². The summed E-state index contributed by atoms with van der Waals surface area (Å²) in [6, 6.07) is 7.37. The van der Waals surface area contributed by atoms with Crippen molar-refractivity contribution in [3.05, 3.63) is 35.6 Å². The number of hydrogen-bond acceptors (Lipinski definition) is 4. The van der Waals surface area contributed by atoms with E-state index in [4.69, 9.17) is 9.52 Å². The fourth-order valence-electron chi connectivity index (χ4n) is 3.66. The molecule has 2 aromatic rings. The fourth-order valence-corrected chi connectivity index (χ4v) is 3.66. The van der Waals surface area contributed by atoms with Gasteiger partial charge in [0.2, 0.25) is 5.76 Å². The number of rotatable bonds is 6. The lowest BCUT2D eigenvalue weighted by Crippen LogP contribution is -2.30. The van der Waals surface area contributed by atoms with Crippen molar-refractivity contribution in [1.29, 1.82) is 0 Å². The Kier molecular flexibility index (Phi) is 4.41. The van der Waals surface area contributed by atoms with Gasteiger partial charge in [-0.2, -0.15) is 0 Å². The van der Waals surface area contributed by atoms with Crippen molar-refractivity contribution < 1.29 is 19.4 Å². The van der Waals surface area contributed by atoms with E-state index >= 15 is 0 Å². The Morgan fingerprint density at radius 2 is 2.22 bits per heavy atom. The number of hydrogen-bond donors (Lipinski definition) is 2. The number of aliphatic hydroxyl groups excluding tert-OH is 1. The number of carboxylic acids is 1. The van der Waals surface area contributed by atoms with Gasteiger partial charge in [0, 0.05) is 30.5 Å². The SMILES string of the molecule is CCCC1(CO)CCN(Cc2ccc3oc(C(=O)O)cc3c2)C1. The Morgan fingerprint density at radius 1 is 1.39 bits per heavy atom. The number of benzene rings is 1. The smallest absolute Gasteiger partial charge is 0.371 e. The second kappa shape index (κ2) is 6.34. The predicted molar refractivity (Wildman–Crippen MR) is 87.5 cm³/mol. The average Bonchev–Trinajstić information content (AvgIpc) is 3.12. The molecule has 1 aromatic heterocycles. The van der Waals surface area contributed by atoms with Gasteiger partial charge in [-0.15, -0.1) is 0 Å². The molecule has 1 aliphatic rings. The number of fused-ring (bicyclic) bond motifs is 1. The van der Waals surface area contributed by atoms with Gasteiger partial charge in [0.05, 0.1) is 0 Å². The van der Waals surface area contributed by atoms with Crippen molar-refractivity contribution in [3.63, 3.8) is 0 Å². The summed E-state index contributed by atoms with van der Waals surface area (Å²) in [6.07, 6.45) is 3.19. The van der Waals surface area contributed by atoms with Gasteiger partial charge in [0.25, 0.3) is 0 Å². The molecule has 1 aromatic carbocycles. The first kappa shape index (κ1) is 16.0. The van der Waals surface area contributed by atoms with Gasteiger partial charge in [0.15, 0.2) is 0 Å². The topological polar surface area (TPSA) is 73.9 Å². The van der Waals surface area contributed by atoms with Crippen molar-refractivity contribution in [2.75, 3.05) is 19.7 Å². The molecule has 2 heterocycles. The molecule has 0 radical (unpaired) electrons. The molecular weight excluding hydrogens is 294 g/mol. The van der Waals surface area contributed by atoms with Crippen LogP contribution in [0.15, 0.2) is 28.7 Å². The van der Waals surface area contributed by atoms with Crippen LogP contribution in [0.2, 0.25) is 0 Å². The van der Waals surface area contributed by atoms with Crippen molar-refractivity contribution in [1.82, 2.24) is 4.90 Å². The lowest BCUT2D eigenvalue weighted by atomic mass is 9.83. The van der Waals surface area contributed by atoms with Crippen LogP contribution in [0.25, 0.3) is 11.0 Å². The minimum absolute atomic E-state index is 0.0273. The van der Waals surface area contributed by atoms with Crippen LogP contribution in [-0.2, 0) is 6.54 Å². The van der Waals surface area contributed by atoms with Crippen molar-refractivity contribution in [2.24, 2.45) is 5.41 Å². The normalized spacial score (nSPS) is 22.0. The Hall–Kier alpha value is -1.85. The summed E-state index contributed by atoms with van der Waals surface area (Å²) >= 11 is 0. The van der Waals surface area contributed by atoms with Crippen LogP contribution in [0.3, 0.4) is 0 Å². The zero-order valence-electron chi connectivity index (χ0n) is 13.4. The molecule has 1 atom stereocenters. The maximum absolute atomic E-state index is 11.0. The molecule has 23 heavy (non-hydrogen) atoms. The van der Waals surface area contributed by atoms with Gasteiger partial charge >= 0.3 is 5.97 Å². The standard InChI is InChI=1S/C18H23NO4/c1-2-5-18(12-20)6-7-19(11-18)10-13-3-4-15-14(8-13)9-16(23-15)17(21)22/h3-4,8-9,20H,2,5-7,10-12H2,1H3,(H,21,22). The third kappa shape index (κ3) is 3.26. The van der Waals surface area contributed by atoms with Gasteiger partial charge in [-0.1, -0.05) is 19.4 Å². The molecule has 2 N–H and O–H groups in total.